The highest BCUT2D eigenvalue weighted by Gasteiger charge is 2.20. The lowest BCUT2D eigenvalue weighted by Gasteiger charge is -2.20. The molecule has 0 bridgehead atoms. The summed E-state index contributed by atoms with van der Waals surface area (Å²) in [6, 6.07) is 5.79. The standard InChI is InChI=1S/C16H25N3O2/c1-18(2)16(20)12-6-7-14(17)15(11-12)21-10-8-13-5-4-9-19(13)3/h6-7,11,13H,4-5,8-10,17H2,1-3H3. The molecule has 0 saturated carbocycles. The van der Waals surface area contributed by atoms with Gasteiger partial charge in [0.25, 0.3) is 5.91 Å². The summed E-state index contributed by atoms with van der Waals surface area (Å²) in [5.41, 5.74) is 7.10. The Kier molecular flexibility index (Phi) is 5.07. The largest absolute Gasteiger partial charge is 0.491 e. The van der Waals surface area contributed by atoms with Gasteiger partial charge in [-0.2, -0.15) is 0 Å². The van der Waals surface area contributed by atoms with Crippen molar-refractivity contribution in [1.82, 2.24) is 9.80 Å². The third-order valence-electron chi connectivity index (χ3n) is 4.05. The molecule has 5 heteroatoms. The molecule has 0 spiro atoms. The number of hydrogen-bond donors (Lipinski definition) is 1. The van der Waals surface area contributed by atoms with E-state index < -0.39 is 0 Å². The van der Waals surface area contributed by atoms with Gasteiger partial charge in [0.15, 0.2) is 0 Å². The van der Waals surface area contributed by atoms with Gasteiger partial charge in [-0.15, -0.1) is 0 Å². The van der Waals surface area contributed by atoms with Crippen molar-refractivity contribution in [2.24, 2.45) is 0 Å². The van der Waals surface area contributed by atoms with Crippen molar-refractivity contribution in [3.05, 3.63) is 23.8 Å². The third-order valence-corrected chi connectivity index (χ3v) is 4.05. The molecule has 2 rings (SSSR count). The number of carbonyl (C=O) groups excluding carboxylic acids is 1. The predicted molar refractivity (Wildman–Crippen MR) is 84.6 cm³/mol. The molecule has 1 atom stereocenters. The van der Waals surface area contributed by atoms with Crippen LogP contribution in [0.15, 0.2) is 18.2 Å². The summed E-state index contributed by atoms with van der Waals surface area (Å²) in [6.45, 7) is 1.79. The zero-order valence-corrected chi connectivity index (χ0v) is 13.1. The maximum absolute atomic E-state index is 12.0. The van der Waals surface area contributed by atoms with Gasteiger partial charge in [-0.3, -0.25) is 4.79 Å². The first-order valence-corrected chi connectivity index (χ1v) is 7.43. The second-order valence-electron chi connectivity index (χ2n) is 5.87. The van der Waals surface area contributed by atoms with Crippen LogP contribution in [0.2, 0.25) is 0 Å². The number of ether oxygens (including phenoxy) is 1. The lowest BCUT2D eigenvalue weighted by molar-refractivity contribution is 0.0827. The quantitative estimate of drug-likeness (QED) is 0.841. The number of likely N-dealkylation sites (tertiary alicyclic amines) is 1. The smallest absolute Gasteiger partial charge is 0.253 e. The van der Waals surface area contributed by atoms with E-state index in [9.17, 15) is 4.79 Å². The van der Waals surface area contributed by atoms with Gasteiger partial charge >= 0.3 is 0 Å². The minimum Gasteiger partial charge on any atom is -0.491 e. The van der Waals surface area contributed by atoms with Crippen LogP contribution in [-0.4, -0.2) is 56.0 Å². The first-order chi connectivity index (χ1) is 9.99. The Balaban J connectivity index is 1.95. The molecule has 1 heterocycles. The van der Waals surface area contributed by atoms with Gasteiger partial charge in [0.05, 0.1) is 12.3 Å². The van der Waals surface area contributed by atoms with Crippen molar-refractivity contribution < 1.29 is 9.53 Å². The van der Waals surface area contributed by atoms with Crippen LogP contribution in [0.4, 0.5) is 5.69 Å². The Morgan fingerprint density at radius 3 is 2.86 bits per heavy atom. The van der Waals surface area contributed by atoms with E-state index in [1.807, 2.05) is 0 Å². The summed E-state index contributed by atoms with van der Waals surface area (Å²) in [6.07, 6.45) is 3.48. The number of nitrogen functional groups attached to an aromatic ring is 1. The van der Waals surface area contributed by atoms with E-state index in [1.54, 1.807) is 37.2 Å². The molecule has 1 saturated heterocycles. The van der Waals surface area contributed by atoms with Crippen LogP contribution in [0.5, 0.6) is 5.75 Å². The van der Waals surface area contributed by atoms with Crippen molar-refractivity contribution in [2.75, 3.05) is 40.0 Å². The number of nitrogens with two attached hydrogens (primary N) is 1. The highest BCUT2D eigenvalue weighted by Crippen LogP contribution is 2.24. The molecular formula is C16H25N3O2. The SMILES string of the molecule is CN(C)C(=O)c1ccc(N)c(OCCC2CCCN2C)c1. The zero-order valence-electron chi connectivity index (χ0n) is 13.1. The first-order valence-electron chi connectivity index (χ1n) is 7.43. The van der Waals surface area contributed by atoms with Gasteiger partial charge in [0, 0.05) is 25.7 Å². The Morgan fingerprint density at radius 2 is 2.24 bits per heavy atom. The van der Waals surface area contributed by atoms with Crippen LogP contribution in [-0.2, 0) is 0 Å². The molecule has 1 amide bonds. The Bertz CT molecular complexity index is 502. The molecule has 0 radical (unpaired) electrons. The lowest BCUT2D eigenvalue weighted by atomic mass is 10.1. The Labute approximate surface area is 126 Å². The summed E-state index contributed by atoms with van der Waals surface area (Å²) in [7, 11) is 5.62. The fraction of sp³-hybridized carbons (Fsp3) is 0.562. The normalized spacial score (nSPS) is 18.7. The number of rotatable bonds is 5. The van der Waals surface area contributed by atoms with Crippen LogP contribution < -0.4 is 10.5 Å². The molecular weight excluding hydrogens is 266 g/mol. The van der Waals surface area contributed by atoms with Gasteiger partial charge in [-0.25, -0.2) is 0 Å². The van der Waals surface area contributed by atoms with Gasteiger partial charge in [0.2, 0.25) is 0 Å². The highest BCUT2D eigenvalue weighted by atomic mass is 16.5. The third kappa shape index (κ3) is 3.88. The molecule has 1 aromatic carbocycles. The molecule has 2 N–H and O–H groups in total. The number of amides is 1. The molecule has 0 aromatic heterocycles. The van der Waals surface area contributed by atoms with E-state index in [0.29, 0.717) is 29.6 Å². The topological polar surface area (TPSA) is 58.8 Å². The van der Waals surface area contributed by atoms with Crippen molar-refractivity contribution >= 4 is 11.6 Å². The van der Waals surface area contributed by atoms with Crippen molar-refractivity contribution in [1.29, 1.82) is 0 Å². The van der Waals surface area contributed by atoms with Crippen molar-refractivity contribution in [3.8, 4) is 5.75 Å². The van der Waals surface area contributed by atoms with E-state index in [1.165, 1.54) is 19.4 Å². The number of nitrogens with zero attached hydrogens (tertiary/aromatic N) is 2. The lowest BCUT2D eigenvalue weighted by Crippen LogP contribution is -2.26. The first kappa shape index (κ1) is 15.6. The summed E-state index contributed by atoms with van der Waals surface area (Å²) < 4.78 is 5.80. The maximum atomic E-state index is 12.0. The summed E-state index contributed by atoms with van der Waals surface area (Å²) in [5.74, 6) is 0.554. The molecule has 21 heavy (non-hydrogen) atoms. The molecule has 0 aliphatic carbocycles. The summed E-state index contributed by atoms with van der Waals surface area (Å²) in [5, 5.41) is 0. The maximum Gasteiger partial charge on any atom is 0.253 e. The second kappa shape index (κ2) is 6.80. The average molecular weight is 291 g/mol. The summed E-state index contributed by atoms with van der Waals surface area (Å²) >= 11 is 0. The molecule has 5 nitrogen and oxygen atoms in total. The number of benzene rings is 1. The molecule has 1 aromatic rings. The molecule has 1 fully saturated rings. The predicted octanol–water partition coefficient (Wildman–Crippen LogP) is 1.83. The highest BCUT2D eigenvalue weighted by molar-refractivity contribution is 5.94. The van der Waals surface area contributed by atoms with Gasteiger partial charge < -0.3 is 20.3 Å². The van der Waals surface area contributed by atoms with Crippen molar-refractivity contribution in [2.45, 2.75) is 25.3 Å². The zero-order chi connectivity index (χ0) is 15.4. The molecule has 116 valence electrons. The Hall–Kier alpha value is -1.75. The van der Waals surface area contributed by atoms with E-state index in [4.69, 9.17) is 10.5 Å². The van der Waals surface area contributed by atoms with E-state index in [0.717, 1.165) is 6.42 Å². The molecule has 1 unspecified atom stereocenters. The molecule has 1 aliphatic rings. The van der Waals surface area contributed by atoms with Gasteiger partial charge in [-0.1, -0.05) is 0 Å². The monoisotopic (exact) mass is 291 g/mol. The fourth-order valence-corrected chi connectivity index (χ4v) is 2.70. The number of hydrogen-bond acceptors (Lipinski definition) is 4. The van der Waals surface area contributed by atoms with Crippen LogP contribution in [0.1, 0.15) is 29.6 Å². The van der Waals surface area contributed by atoms with Crippen molar-refractivity contribution in [3.63, 3.8) is 0 Å². The van der Waals surface area contributed by atoms with E-state index in [2.05, 4.69) is 11.9 Å². The van der Waals surface area contributed by atoms with E-state index in [-0.39, 0.29) is 5.91 Å². The van der Waals surface area contributed by atoms with Crippen LogP contribution in [0.3, 0.4) is 0 Å². The average Bonchev–Trinajstić information content (AvgIpc) is 2.85. The van der Waals surface area contributed by atoms with Crippen LogP contribution in [0, 0.1) is 0 Å². The second-order valence-corrected chi connectivity index (χ2v) is 5.87. The Morgan fingerprint density at radius 1 is 1.48 bits per heavy atom. The van der Waals surface area contributed by atoms with Gasteiger partial charge in [-0.05, 0) is 51.1 Å². The van der Waals surface area contributed by atoms with Gasteiger partial charge in [0.1, 0.15) is 5.75 Å². The minimum atomic E-state index is -0.0459. The van der Waals surface area contributed by atoms with E-state index >= 15 is 0 Å². The molecule has 1 aliphatic heterocycles. The van der Waals surface area contributed by atoms with Crippen LogP contribution >= 0.6 is 0 Å². The summed E-state index contributed by atoms with van der Waals surface area (Å²) in [4.78, 5) is 15.9. The fourth-order valence-electron chi connectivity index (χ4n) is 2.70. The van der Waals surface area contributed by atoms with Crippen LogP contribution in [0.25, 0.3) is 0 Å². The number of carbonyl (C=O) groups is 1. The number of anilines is 1. The minimum absolute atomic E-state index is 0.0459.